The lowest BCUT2D eigenvalue weighted by Crippen LogP contribution is -2.31. The number of hydrogen-bond donors (Lipinski definition) is 0. The Morgan fingerprint density at radius 3 is 3.04 bits per heavy atom. The van der Waals surface area contributed by atoms with Gasteiger partial charge in [-0.05, 0) is 55.9 Å². The van der Waals surface area contributed by atoms with Crippen LogP contribution in [0.1, 0.15) is 25.0 Å². The van der Waals surface area contributed by atoms with E-state index in [4.69, 9.17) is 4.74 Å². The third kappa shape index (κ3) is 4.38. The van der Waals surface area contributed by atoms with Gasteiger partial charge in [0, 0.05) is 23.4 Å². The van der Waals surface area contributed by atoms with Gasteiger partial charge in [-0.25, -0.2) is 14.8 Å². The van der Waals surface area contributed by atoms with Crippen LogP contribution in [0.3, 0.4) is 0 Å². The van der Waals surface area contributed by atoms with Crippen LogP contribution >= 0.6 is 0 Å². The van der Waals surface area contributed by atoms with Crippen molar-refractivity contribution in [1.29, 1.82) is 0 Å². The van der Waals surface area contributed by atoms with Gasteiger partial charge in [-0.1, -0.05) is 6.08 Å². The van der Waals surface area contributed by atoms with Crippen molar-refractivity contribution in [3.8, 4) is 0 Å². The van der Waals surface area contributed by atoms with Crippen LogP contribution in [0.2, 0.25) is 0 Å². The van der Waals surface area contributed by atoms with Crippen molar-refractivity contribution in [2.24, 2.45) is 5.92 Å². The Kier molecular flexibility index (Phi) is 5.54. The van der Waals surface area contributed by atoms with E-state index < -0.39 is 0 Å². The Morgan fingerprint density at radius 2 is 2.21 bits per heavy atom. The number of nitrogens with zero attached hydrogens (tertiary/aromatic N) is 2. The van der Waals surface area contributed by atoms with Crippen LogP contribution in [0.5, 0.6) is 0 Å². The van der Waals surface area contributed by atoms with Gasteiger partial charge in [-0.3, -0.25) is 0 Å². The summed E-state index contributed by atoms with van der Waals surface area (Å²) < 4.78 is 10.2. The first-order valence-electron chi connectivity index (χ1n) is 8.31. The van der Waals surface area contributed by atoms with Gasteiger partial charge < -0.3 is 9.47 Å². The molecule has 0 spiro atoms. The Balaban J connectivity index is 1.36. The summed E-state index contributed by atoms with van der Waals surface area (Å²) in [7, 11) is 1.37. The van der Waals surface area contributed by atoms with Gasteiger partial charge in [-0.15, -0.1) is 0 Å². The van der Waals surface area contributed by atoms with Crippen LogP contribution in [-0.4, -0.2) is 35.8 Å². The highest BCUT2D eigenvalue weighted by Crippen LogP contribution is 2.33. The summed E-state index contributed by atoms with van der Waals surface area (Å²) in [6.45, 7) is 0.463. The summed E-state index contributed by atoms with van der Waals surface area (Å²) in [6, 6.07) is 8.14. The van der Waals surface area contributed by atoms with Crippen LogP contribution in [0, 0.1) is 5.92 Å². The molecule has 0 N–H and O–H groups in total. The molecule has 1 saturated carbocycles. The van der Waals surface area contributed by atoms with Crippen molar-refractivity contribution >= 4 is 17.0 Å². The highest BCUT2D eigenvalue weighted by Gasteiger charge is 2.29. The standard InChI is InChI=1S/C19H22N2O3/c1-23-18(22)5-3-11-24-17-12-14(13-17)6-8-16-9-7-15-4-2-10-20-19(15)21-16/h2-5,7,9-10,14,17H,6,8,11-13H2,1H3/b5-3+/t14-,17+. The molecule has 0 aliphatic heterocycles. The number of ether oxygens (including phenoxy) is 2. The van der Waals surface area contributed by atoms with Crippen LogP contribution < -0.4 is 0 Å². The topological polar surface area (TPSA) is 61.3 Å². The maximum atomic E-state index is 10.9. The maximum Gasteiger partial charge on any atom is 0.330 e. The summed E-state index contributed by atoms with van der Waals surface area (Å²) in [5.41, 5.74) is 1.92. The second kappa shape index (κ2) is 8.02. The molecule has 2 heterocycles. The number of aromatic nitrogens is 2. The van der Waals surface area contributed by atoms with E-state index >= 15 is 0 Å². The third-order valence-electron chi connectivity index (χ3n) is 4.41. The van der Waals surface area contributed by atoms with E-state index in [9.17, 15) is 4.79 Å². The molecule has 3 rings (SSSR count). The third-order valence-corrected chi connectivity index (χ3v) is 4.41. The molecule has 0 atom stereocenters. The molecule has 5 heteroatoms. The zero-order chi connectivity index (χ0) is 16.8. The molecule has 2 aromatic heterocycles. The number of carbonyl (C=O) groups excluding carboxylic acids is 1. The normalized spacial score (nSPS) is 20.2. The van der Waals surface area contributed by atoms with E-state index in [0.29, 0.717) is 18.6 Å². The number of esters is 1. The number of carbonyl (C=O) groups is 1. The van der Waals surface area contributed by atoms with Gasteiger partial charge in [-0.2, -0.15) is 0 Å². The first kappa shape index (κ1) is 16.6. The number of hydrogen-bond acceptors (Lipinski definition) is 5. The smallest absolute Gasteiger partial charge is 0.330 e. The second-order valence-electron chi connectivity index (χ2n) is 6.11. The minimum absolute atomic E-state index is 0.309. The minimum Gasteiger partial charge on any atom is -0.466 e. The molecule has 5 nitrogen and oxygen atoms in total. The summed E-state index contributed by atoms with van der Waals surface area (Å²) >= 11 is 0. The van der Waals surface area contributed by atoms with E-state index in [1.165, 1.54) is 13.2 Å². The monoisotopic (exact) mass is 326 g/mol. The Bertz CT molecular complexity index is 723. The fourth-order valence-corrected chi connectivity index (χ4v) is 2.93. The highest BCUT2D eigenvalue weighted by atomic mass is 16.5. The average Bonchev–Trinajstić information content (AvgIpc) is 2.58. The fourth-order valence-electron chi connectivity index (χ4n) is 2.93. The van der Waals surface area contributed by atoms with Crippen LogP contribution in [-0.2, 0) is 20.7 Å². The Morgan fingerprint density at radius 1 is 1.33 bits per heavy atom. The van der Waals surface area contributed by atoms with Crippen LogP contribution in [0.4, 0.5) is 0 Å². The minimum atomic E-state index is -0.345. The second-order valence-corrected chi connectivity index (χ2v) is 6.11. The van der Waals surface area contributed by atoms with Gasteiger partial charge in [0.15, 0.2) is 5.65 Å². The van der Waals surface area contributed by atoms with Gasteiger partial charge in [0.1, 0.15) is 0 Å². The van der Waals surface area contributed by atoms with Gasteiger partial charge in [0.2, 0.25) is 0 Å². The average molecular weight is 326 g/mol. The van der Waals surface area contributed by atoms with E-state index in [-0.39, 0.29) is 5.97 Å². The number of fused-ring (bicyclic) bond motifs is 1. The van der Waals surface area contributed by atoms with Gasteiger partial charge >= 0.3 is 5.97 Å². The first-order chi connectivity index (χ1) is 11.7. The molecule has 1 aliphatic rings. The van der Waals surface area contributed by atoms with Crippen molar-refractivity contribution in [3.05, 3.63) is 48.3 Å². The molecule has 0 unspecified atom stereocenters. The maximum absolute atomic E-state index is 10.9. The largest absolute Gasteiger partial charge is 0.466 e. The number of rotatable bonds is 7. The van der Waals surface area contributed by atoms with Gasteiger partial charge in [0.05, 0.1) is 19.8 Å². The molecular weight excluding hydrogens is 304 g/mol. The number of methoxy groups -OCH3 is 1. The zero-order valence-corrected chi connectivity index (χ0v) is 13.9. The molecule has 1 aliphatic carbocycles. The molecule has 0 aromatic carbocycles. The van der Waals surface area contributed by atoms with Crippen molar-refractivity contribution in [2.75, 3.05) is 13.7 Å². The number of aryl methyl sites for hydroxylation is 1. The van der Waals surface area contributed by atoms with E-state index in [0.717, 1.165) is 42.4 Å². The lowest BCUT2D eigenvalue weighted by molar-refractivity contribution is -0.134. The highest BCUT2D eigenvalue weighted by molar-refractivity contribution is 5.81. The SMILES string of the molecule is COC(=O)/C=C/CO[C@H]1C[C@@H](CCc2ccc3cccnc3n2)C1. The molecule has 0 radical (unpaired) electrons. The van der Waals surface area contributed by atoms with Crippen molar-refractivity contribution in [2.45, 2.75) is 31.8 Å². The predicted molar refractivity (Wildman–Crippen MR) is 91.5 cm³/mol. The van der Waals surface area contributed by atoms with E-state index in [1.807, 2.05) is 12.1 Å². The predicted octanol–water partition coefficient (Wildman–Crippen LogP) is 3.09. The summed E-state index contributed by atoms with van der Waals surface area (Å²) in [5.74, 6) is 0.350. The Hall–Kier alpha value is -2.27. The molecule has 0 bridgehead atoms. The molecule has 24 heavy (non-hydrogen) atoms. The molecule has 0 saturated heterocycles. The molecule has 1 fully saturated rings. The summed E-state index contributed by atoms with van der Waals surface area (Å²) in [5, 5.41) is 1.08. The molecular formula is C19H22N2O3. The molecule has 0 amide bonds. The lowest BCUT2D eigenvalue weighted by Gasteiger charge is -2.34. The van der Waals surface area contributed by atoms with Crippen molar-refractivity contribution < 1.29 is 14.3 Å². The fraction of sp³-hybridized carbons (Fsp3) is 0.421. The quantitative estimate of drug-likeness (QED) is 0.578. The summed E-state index contributed by atoms with van der Waals surface area (Å²) in [4.78, 5) is 19.8. The first-order valence-corrected chi connectivity index (χ1v) is 8.31. The molecule has 2 aromatic rings. The zero-order valence-electron chi connectivity index (χ0n) is 13.9. The van der Waals surface area contributed by atoms with Crippen molar-refractivity contribution in [1.82, 2.24) is 9.97 Å². The van der Waals surface area contributed by atoms with E-state index in [1.54, 1.807) is 12.3 Å². The van der Waals surface area contributed by atoms with Gasteiger partial charge in [0.25, 0.3) is 0 Å². The summed E-state index contributed by atoms with van der Waals surface area (Å²) in [6.07, 6.45) is 9.46. The Labute approximate surface area is 141 Å². The lowest BCUT2D eigenvalue weighted by atomic mass is 9.79. The van der Waals surface area contributed by atoms with Crippen molar-refractivity contribution in [3.63, 3.8) is 0 Å². The molecule has 126 valence electrons. The number of pyridine rings is 2. The van der Waals surface area contributed by atoms with Crippen LogP contribution in [0.15, 0.2) is 42.6 Å². The van der Waals surface area contributed by atoms with E-state index in [2.05, 4.69) is 26.8 Å². The van der Waals surface area contributed by atoms with Crippen LogP contribution in [0.25, 0.3) is 11.0 Å².